The van der Waals surface area contributed by atoms with Crippen LogP contribution in [-0.4, -0.2) is 66.6 Å². The van der Waals surface area contributed by atoms with Crippen molar-refractivity contribution in [3.05, 3.63) is 116 Å². The van der Waals surface area contributed by atoms with Crippen LogP contribution in [0.5, 0.6) is 0 Å². The third-order valence-corrected chi connectivity index (χ3v) is 8.33. The van der Waals surface area contributed by atoms with Crippen LogP contribution in [0.1, 0.15) is 5.56 Å². The van der Waals surface area contributed by atoms with Gasteiger partial charge in [0.1, 0.15) is 5.82 Å². The minimum Gasteiger partial charge on any atom is -0.379 e. The summed E-state index contributed by atoms with van der Waals surface area (Å²) in [6.45, 7) is 3.90. The summed E-state index contributed by atoms with van der Waals surface area (Å²) in [5.74, 6) is -4.07. The van der Waals surface area contributed by atoms with Gasteiger partial charge in [0.25, 0.3) is 0 Å². The second-order valence-corrected chi connectivity index (χ2v) is 11.4. The van der Waals surface area contributed by atoms with E-state index in [1.165, 1.54) is 6.20 Å². The Bertz CT molecular complexity index is 2260. The van der Waals surface area contributed by atoms with Crippen molar-refractivity contribution in [1.29, 1.82) is 0 Å². The Morgan fingerprint density at radius 3 is 2.53 bits per heavy atom. The summed E-state index contributed by atoms with van der Waals surface area (Å²) in [6.07, 6.45) is 4.76. The highest BCUT2D eigenvalue weighted by Crippen LogP contribution is 2.30. The third-order valence-electron chi connectivity index (χ3n) is 8.01. The fourth-order valence-corrected chi connectivity index (χ4v) is 5.77. The minimum absolute atomic E-state index is 0.139. The van der Waals surface area contributed by atoms with Crippen LogP contribution < -0.4 is 16.7 Å². The van der Waals surface area contributed by atoms with E-state index in [9.17, 15) is 22.8 Å². The molecule has 0 amide bonds. The lowest BCUT2D eigenvalue weighted by molar-refractivity contribution is 0.0360. The molecule has 0 spiro atoms. The molecule has 3 aromatic heterocycles. The molecule has 1 N–H and O–H groups in total. The lowest BCUT2D eigenvalue weighted by Crippen LogP contribution is -2.42. The summed E-state index contributed by atoms with van der Waals surface area (Å²) in [4.78, 5) is 38.2. The van der Waals surface area contributed by atoms with Gasteiger partial charge in [0.2, 0.25) is 5.95 Å². The van der Waals surface area contributed by atoms with Gasteiger partial charge in [-0.1, -0.05) is 35.9 Å². The van der Waals surface area contributed by atoms with Crippen LogP contribution >= 0.6 is 11.6 Å². The van der Waals surface area contributed by atoms with E-state index in [1.807, 2.05) is 6.20 Å². The van der Waals surface area contributed by atoms with E-state index < -0.39 is 35.4 Å². The Morgan fingerprint density at radius 1 is 0.915 bits per heavy atom. The van der Waals surface area contributed by atoms with E-state index in [0.717, 1.165) is 34.2 Å². The fraction of sp³-hybridized carbons (Fsp3) is 0.219. The molecule has 11 nitrogen and oxygen atoms in total. The average Bonchev–Trinajstić information content (AvgIpc) is 3.46. The second-order valence-electron chi connectivity index (χ2n) is 11.0. The third kappa shape index (κ3) is 6.10. The summed E-state index contributed by atoms with van der Waals surface area (Å²) >= 11 is 6.62. The number of morpholine rings is 1. The minimum atomic E-state index is -1.38. The molecule has 1 aliphatic heterocycles. The number of benzene rings is 3. The van der Waals surface area contributed by atoms with Gasteiger partial charge in [-0.05, 0) is 18.2 Å². The van der Waals surface area contributed by atoms with Gasteiger partial charge >= 0.3 is 11.4 Å². The standard InChI is InChI=1S/C32H26ClF3N8O3/c33-23-13-27-21(17-42(40-27)6-5-41-7-9-47-10-8-41)12-28(23)38-30-39-31(45)44(29-16-37-15-19-3-1-2-4-22(19)29)32(46)43(30)18-20-11-25(35)26(36)14-24(20)34/h1-4,11-17H,5-10,18H2,(H,38,39,45). The van der Waals surface area contributed by atoms with Gasteiger partial charge in [0.15, 0.2) is 11.6 Å². The molecule has 4 heterocycles. The number of anilines is 2. The van der Waals surface area contributed by atoms with Gasteiger partial charge in [-0.2, -0.15) is 10.1 Å². The lowest BCUT2D eigenvalue weighted by Gasteiger charge is -2.26. The molecular weight excluding hydrogens is 637 g/mol. The number of ether oxygens (including phenoxy) is 1. The van der Waals surface area contributed by atoms with E-state index in [2.05, 4.69) is 25.3 Å². The van der Waals surface area contributed by atoms with Crippen LogP contribution in [0.2, 0.25) is 5.02 Å². The smallest absolute Gasteiger partial charge is 0.359 e. The molecule has 0 atom stereocenters. The van der Waals surface area contributed by atoms with Gasteiger partial charge < -0.3 is 10.1 Å². The number of aromatic nitrogens is 6. The highest BCUT2D eigenvalue weighted by atomic mass is 35.5. The first-order chi connectivity index (χ1) is 22.7. The Hall–Kier alpha value is -5.05. The van der Waals surface area contributed by atoms with Crippen LogP contribution in [0.15, 0.2) is 76.7 Å². The van der Waals surface area contributed by atoms with Crippen molar-refractivity contribution in [1.82, 2.24) is 33.8 Å². The van der Waals surface area contributed by atoms with E-state index >= 15 is 0 Å². The van der Waals surface area contributed by atoms with Crippen molar-refractivity contribution in [3.63, 3.8) is 0 Å². The van der Waals surface area contributed by atoms with Gasteiger partial charge in [0, 0.05) is 59.8 Å². The molecule has 0 bridgehead atoms. The number of rotatable bonds is 8. The molecule has 3 aromatic carbocycles. The summed E-state index contributed by atoms with van der Waals surface area (Å²) in [6, 6.07) is 11.3. The van der Waals surface area contributed by atoms with E-state index in [4.69, 9.17) is 16.3 Å². The fourth-order valence-electron chi connectivity index (χ4n) is 5.57. The quantitative estimate of drug-likeness (QED) is 0.238. The molecule has 0 radical (unpaired) electrons. The van der Waals surface area contributed by atoms with Crippen molar-refractivity contribution in [2.24, 2.45) is 0 Å². The summed E-state index contributed by atoms with van der Waals surface area (Å²) in [7, 11) is 0. The van der Waals surface area contributed by atoms with Gasteiger partial charge in [0.05, 0.1) is 54.4 Å². The SMILES string of the molecule is O=c1nc(Nc2cc3cn(CCN4CCOCC4)nc3cc2Cl)n(Cc2cc(F)c(F)cc2F)c(=O)n1-c1cncc2ccccc12. The molecule has 1 fully saturated rings. The normalized spacial score (nSPS) is 13.9. The largest absolute Gasteiger partial charge is 0.379 e. The zero-order chi connectivity index (χ0) is 32.7. The first kappa shape index (κ1) is 30.6. The Morgan fingerprint density at radius 2 is 1.70 bits per heavy atom. The zero-order valence-corrected chi connectivity index (χ0v) is 25.4. The first-order valence-corrected chi connectivity index (χ1v) is 15.1. The maximum Gasteiger partial charge on any atom is 0.359 e. The Balaban J connectivity index is 1.30. The summed E-state index contributed by atoms with van der Waals surface area (Å²) < 4.78 is 51.8. The van der Waals surface area contributed by atoms with Gasteiger partial charge in [-0.15, -0.1) is 0 Å². The predicted molar refractivity (Wildman–Crippen MR) is 170 cm³/mol. The number of hydrogen-bond donors (Lipinski definition) is 1. The maximum absolute atomic E-state index is 14.9. The molecule has 240 valence electrons. The van der Waals surface area contributed by atoms with Gasteiger partial charge in [-0.3, -0.25) is 19.1 Å². The summed E-state index contributed by atoms with van der Waals surface area (Å²) in [5.41, 5.74) is -1.19. The number of pyridine rings is 1. The molecule has 1 aliphatic rings. The lowest BCUT2D eigenvalue weighted by atomic mass is 10.1. The number of nitrogens with one attached hydrogen (secondary N) is 1. The predicted octanol–water partition coefficient (Wildman–Crippen LogP) is 4.49. The summed E-state index contributed by atoms with van der Waals surface area (Å²) in [5, 5.41) is 9.66. The first-order valence-electron chi connectivity index (χ1n) is 14.7. The number of halogens is 4. The zero-order valence-electron chi connectivity index (χ0n) is 24.7. The van der Waals surface area contributed by atoms with Gasteiger partial charge in [-0.25, -0.2) is 27.3 Å². The number of nitrogens with zero attached hydrogens (tertiary/aromatic N) is 7. The molecule has 15 heteroatoms. The maximum atomic E-state index is 14.9. The topological polar surface area (TPSA) is 112 Å². The molecule has 47 heavy (non-hydrogen) atoms. The molecule has 1 saturated heterocycles. The van der Waals surface area contributed by atoms with Crippen molar-refractivity contribution in [2.75, 3.05) is 38.2 Å². The van der Waals surface area contributed by atoms with Crippen molar-refractivity contribution in [3.8, 4) is 5.69 Å². The van der Waals surface area contributed by atoms with E-state index in [1.54, 1.807) is 47.3 Å². The highest BCUT2D eigenvalue weighted by Gasteiger charge is 2.21. The van der Waals surface area contributed by atoms with Crippen molar-refractivity contribution < 1.29 is 17.9 Å². The highest BCUT2D eigenvalue weighted by molar-refractivity contribution is 6.34. The molecule has 6 aromatic rings. The van der Waals surface area contributed by atoms with Crippen LogP contribution in [0.3, 0.4) is 0 Å². The van der Waals surface area contributed by atoms with Crippen molar-refractivity contribution >= 4 is 44.9 Å². The van der Waals surface area contributed by atoms with E-state index in [-0.39, 0.29) is 27.9 Å². The monoisotopic (exact) mass is 662 g/mol. The van der Waals surface area contributed by atoms with E-state index in [0.29, 0.717) is 48.2 Å². The van der Waals surface area contributed by atoms with Crippen molar-refractivity contribution in [2.45, 2.75) is 13.1 Å². The molecule has 0 saturated carbocycles. The molecule has 0 unspecified atom stereocenters. The van der Waals surface area contributed by atoms with Crippen LogP contribution in [0, 0.1) is 17.5 Å². The number of fused-ring (bicyclic) bond motifs is 2. The van der Waals surface area contributed by atoms with Crippen LogP contribution in [-0.2, 0) is 17.8 Å². The average molecular weight is 663 g/mol. The molecule has 0 aliphatic carbocycles. The Labute approximate surface area is 269 Å². The van der Waals surface area contributed by atoms with Crippen LogP contribution in [0.25, 0.3) is 27.4 Å². The van der Waals surface area contributed by atoms with Crippen LogP contribution in [0.4, 0.5) is 24.8 Å². The Kier molecular flexibility index (Phi) is 8.22. The number of hydrogen-bond acceptors (Lipinski definition) is 8. The second kappa shape index (κ2) is 12.6. The molecule has 7 rings (SSSR count). The molecular formula is C32H26ClF3N8O3.